The smallest absolute Gasteiger partial charge is 0.381 e. The summed E-state index contributed by atoms with van der Waals surface area (Å²) in [5.74, 6) is -0.722. The van der Waals surface area contributed by atoms with Crippen molar-refractivity contribution >= 4 is 15.4 Å². The molecule has 2 unspecified atom stereocenters. The van der Waals surface area contributed by atoms with Gasteiger partial charge in [0.15, 0.2) is 11.7 Å². The zero-order chi connectivity index (χ0) is 22.4. The van der Waals surface area contributed by atoms with Crippen LogP contribution in [0.4, 0.5) is 0 Å². The molecule has 15 heteroatoms. The van der Waals surface area contributed by atoms with Gasteiger partial charge in [0.2, 0.25) is 0 Å². The van der Waals surface area contributed by atoms with Gasteiger partial charge >= 0.3 is 20.9 Å². The van der Waals surface area contributed by atoms with Gasteiger partial charge in [0.1, 0.15) is 18.0 Å². The van der Waals surface area contributed by atoms with Crippen LogP contribution in [0.25, 0.3) is 0 Å². The van der Waals surface area contributed by atoms with Gasteiger partial charge in [0.25, 0.3) is 5.34 Å². The number of hydrogen-bond donors (Lipinski definition) is 7. The van der Waals surface area contributed by atoms with Crippen LogP contribution < -0.4 is 0 Å². The van der Waals surface area contributed by atoms with Gasteiger partial charge in [0.05, 0.1) is 12.7 Å². The van der Waals surface area contributed by atoms with Crippen LogP contribution in [0.3, 0.4) is 0 Å². The molecule has 158 valence electrons. The third-order valence-corrected chi connectivity index (χ3v) is 6.91. The molecule has 1 aromatic carbocycles. The number of phenols is 1. The molecule has 0 amide bonds. The van der Waals surface area contributed by atoms with Crippen LogP contribution in [0.5, 0.6) is 5.75 Å². The number of rotatable bonds is 5. The van der Waals surface area contributed by atoms with Crippen molar-refractivity contribution in [2.75, 3.05) is 6.61 Å². The summed E-state index contributed by atoms with van der Waals surface area (Å²) in [6, 6.07) is 3.57. The summed E-state index contributed by atoms with van der Waals surface area (Å²) >= 11 is 0. The summed E-state index contributed by atoms with van der Waals surface area (Å²) in [5.41, 5.74) is -9.47. The van der Waals surface area contributed by atoms with Gasteiger partial charge in [0, 0.05) is 11.1 Å². The topological polar surface area (TPSA) is 243 Å². The van der Waals surface area contributed by atoms with E-state index in [1.807, 2.05) is 0 Å². The Kier molecular flexibility index (Phi) is 6.19. The van der Waals surface area contributed by atoms with Crippen LogP contribution >= 0.6 is 15.4 Å². The van der Waals surface area contributed by atoms with Crippen molar-refractivity contribution in [1.29, 1.82) is 5.26 Å². The first-order valence-electron chi connectivity index (χ1n) is 7.66. The summed E-state index contributed by atoms with van der Waals surface area (Å²) in [6.45, 7) is -1.27. The van der Waals surface area contributed by atoms with Crippen LogP contribution in [0.1, 0.15) is 17.2 Å². The molecule has 1 aliphatic rings. The van der Waals surface area contributed by atoms with Crippen molar-refractivity contribution in [3.63, 3.8) is 0 Å². The predicted octanol–water partition coefficient (Wildman–Crippen LogP) is -1.43. The molecule has 0 aromatic heterocycles. The van der Waals surface area contributed by atoms with Gasteiger partial charge in [-0.1, -0.05) is 6.07 Å². The minimum Gasteiger partial charge on any atom is -0.508 e. The van der Waals surface area contributed by atoms with Crippen molar-refractivity contribution in [2.24, 2.45) is 0 Å². The number of aliphatic hydroxyl groups excluding tert-OH is 3. The van der Waals surface area contributed by atoms with Crippen LogP contribution in [-0.2, 0) is 28.6 Å². The molecule has 6 atom stereocenters. The molecular formula is C14H15NO12P2. The van der Waals surface area contributed by atoms with E-state index in [1.165, 1.54) is 6.07 Å². The number of hydrogen-bond acceptors (Lipinski definition) is 13. The third-order valence-electron chi connectivity index (χ3n) is 4.64. The van der Waals surface area contributed by atoms with E-state index in [0.29, 0.717) is 6.07 Å². The minimum absolute atomic E-state index is 0.529. The van der Waals surface area contributed by atoms with E-state index in [1.54, 1.807) is 0 Å². The van der Waals surface area contributed by atoms with Crippen molar-refractivity contribution in [3.05, 3.63) is 29.3 Å². The molecule has 1 fully saturated rings. The second-order valence-corrected chi connectivity index (χ2v) is 8.43. The zero-order valence-electron chi connectivity index (χ0n) is 14.2. The number of phenolic OH excluding ortho intramolecular Hbond substituents is 1. The molecule has 0 radical (unpaired) electrons. The van der Waals surface area contributed by atoms with Crippen LogP contribution in [-0.4, -0.2) is 65.4 Å². The van der Waals surface area contributed by atoms with E-state index < -0.39 is 73.6 Å². The number of benzene rings is 1. The lowest BCUT2D eigenvalue weighted by atomic mass is 9.75. The lowest BCUT2D eigenvalue weighted by Crippen LogP contribution is -2.74. The fourth-order valence-corrected chi connectivity index (χ4v) is 5.13. The number of nitrogens with zero attached hydrogens (tertiary/aromatic N) is 1. The molecule has 0 saturated carbocycles. The molecular weight excluding hydrogens is 436 g/mol. The van der Waals surface area contributed by atoms with E-state index in [9.17, 15) is 54.0 Å². The summed E-state index contributed by atoms with van der Waals surface area (Å²) in [5, 5.41) is 76.6. The average Bonchev–Trinajstić information content (AvgIpc) is 2.67. The monoisotopic (exact) mass is 451 g/mol. The Bertz CT molecular complexity index is 987. The Morgan fingerprint density at radius 1 is 1.17 bits per heavy atom. The van der Waals surface area contributed by atoms with E-state index in [-0.39, 0.29) is 0 Å². The van der Waals surface area contributed by atoms with Gasteiger partial charge in [-0.3, -0.25) is 0 Å². The van der Waals surface area contributed by atoms with E-state index in [4.69, 9.17) is 5.26 Å². The molecule has 2 rings (SSSR count). The Balaban J connectivity index is 3.05. The molecule has 1 aliphatic heterocycles. The molecule has 29 heavy (non-hydrogen) atoms. The minimum atomic E-state index is -4.57. The summed E-state index contributed by atoms with van der Waals surface area (Å²) in [7, 11) is -9.00. The maximum atomic E-state index is 11.9. The normalized spacial score (nSPS) is 35.5. The van der Waals surface area contributed by atoms with Crippen LogP contribution in [0.15, 0.2) is 18.2 Å². The Labute approximate surface area is 162 Å². The van der Waals surface area contributed by atoms with Gasteiger partial charge in [-0.05, 0) is 12.1 Å². The van der Waals surface area contributed by atoms with E-state index in [2.05, 4.69) is 4.74 Å². The quantitative estimate of drug-likeness (QED) is 0.201. The van der Waals surface area contributed by atoms with Gasteiger partial charge in [-0.2, -0.15) is 5.26 Å². The zero-order valence-corrected chi connectivity index (χ0v) is 16.0. The average molecular weight is 451 g/mol. The summed E-state index contributed by atoms with van der Waals surface area (Å²) < 4.78 is 51.6. The second kappa shape index (κ2) is 7.70. The standard InChI is InChI=1S/C14H15NO12P2/c15-4-9(18)7-2-1-6(17)3-8(7)12(20)11(19)10(5-16)27-14(22,29(25)26)13(12,21)28(23)24/h1-3,9-11,16-22H,5H2/t9?,10-,11+,12+,13-,14?/m1/s1. The predicted molar refractivity (Wildman–Crippen MR) is 87.0 cm³/mol. The largest absolute Gasteiger partial charge is 0.508 e. The molecule has 0 bridgehead atoms. The lowest BCUT2D eigenvalue weighted by Gasteiger charge is -2.53. The van der Waals surface area contributed by atoms with Gasteiger partial charge < -0.3 is 40.5 Å². The first-order valence-corrected chi connectivity index (χ1v) is 10.0. The fraction of sp³-hybridized carbons (Fsp3) is 0.500. The van der Waals surface area contributed by atoms with E-state index >= 15 is 0 Å². The van der Waals surface area contributed by atoms with Crippen molar-refractivity contribution < 1.29 is 58.7 Å². The lowest BCUT2D eigenvalue weighted by molar-refractivity contribution is -0.362. The summed E-state index contributed by atoms with van der Waals surface area (Å²) in [6.07, 6.45) is -6.91. The highest BCUT2D eigenvalue weighted by atomic mass is 31.1. The highest BCUT2D eigenvalue weighted by Gasteiger charge is 2.79. The van der Waals surface area contributed by atoms with Crippen LogP contribution in [0.2, 0.25) is 0 Å². The molecule has 1 saturated heterocycles. The summed E-state index contributed by atoms with van der Waals surface area (Å²) in [4.78, 5) is 0. The highest BCUT2D eigenvalue weighted by molar-refractivity contribution is 7.38. The Hall–Kier alpha value is -1.97. The van der Waals surface area contributed by atoms with Crippen LogP contribution in [0, 0.1) is 11.3 Å². The van der Waals surface area contributed by atoms with Gasteiger partial charge in [-0.25, -0.2) is 18.3 Å². The maximum Gasteiger partial charge on any atom is 0.381 e. The molecule has 0 aliphatic carbocycles. The second-order valence-electron chi connectivity index (χ2n) is 6.15. The fourth-order valence-electron chi connectivity index (χ4n) is 3.18. The van der Waals surface area contributed by atoms with E-state index in [0.717, 1.165) is 12.1 Å². The first kappa shape index (κ1) is 23.3. The third kappa shape index (κ3) is 3.06. The Morgan fingerprint density at radius 3 is 2.21 bits per heavy atom. The molecule has 1 heterocycles. The molecule has 7 N–H and O–H groups in total. The first-order chi connectivity index (χ1) is 13.3. The van der Waals surface area contributed by atoms with Gasteiger partial charge in [-0.15, -0.1) is 0 Å². The SMILES string of the molecule is N#CC(O)c1ccc(O)cc1[C@]1(O)[C@@H](O)[C@@H](CO)OC(O)(P(=O)=O)[C@]1(O)P(=O)=O. The number of ether oxygens (including phenoxy) is 1. The number of aromatic hydroxyl groups is 1. The Morgan fingerprint density at radius 2 is 1.76 bits per heavy atom. The number of aliphatic hydroxyl groups is 6. The molecule has 13 nitrogen and oxygen atoms in total. The molecule has 0 spiro atoms. The molecule has 1 aromatic rings. The van der Waals surface area contributed by atoms with Crippen molar-refractivity contribution in [2.45, 2.75) is 34.8 Å². The highest BCUT2D eigenvalue weighted by Crippen LogP contribution is 2.61. The maximum absolute atomic E-state index is 11.9. The van der Waals surface area contributed by atoms with Crippen molar-refractivity contribution in [3.8, 4) is 11.8 Å². The van der Waals surface area contributed by atoms with Crippen molar-refractivity contribution in [1.82, 2.24) is 0 Å². The number of nitriles is 1.